The molecule has 0 saturated heterocycles. The molecule has 6 rings (SSSR count). The van der Waals surface area contributed by atoms with Crippen molar-refractivity contribution in [2.24, 2.45) is 7.05 Å². The van der Waals surface area contributed by atoms with Crippen LogP contribution in [0.5, 0.6) is 0 Å². The molecule has 0 aliphatic carbocycles. The highest BCUT2D eigenvalue weighted by molar-refractivity contribution is 5.86. The quantitative estimate of drug-likeness (QED) is 0.466. The van der Waals surface area contributed by atoms with Crippen molar-refractivity contribution in [3.63, 3.8) is 0 Å². The standard InChI is InChI=1S/C23H16N6O/c1-29-19-5-3-2-4-15(19)12-20(29)22-27-23(30-28-22)18-11-14(6-8-24-18)17-10-16-7-9-25-21(16)26-13-17/h2-13H,1H3,(H,25,26). The summed E-state index contributed by atoms with van der Waals surface area (Å²) < 4.78 is 7.61. The average Bonchev–Trinajstić information content (AvgIpc) is 3.52. The summed E-state index contributed by atoms with van der Waals surface area (Å²) in [7, 11) is 2.00. The van der Waals surface area contributed by atoms with Gasteiger partial charge in [0.25, 0.3) is 5.89 Å². The molecule has 0 amide bonds. The van der Waals surface area contributed by atoms with Crippen LogP contribution < -0.4 is 0 Å². The van der Waals surface area contributed by atoms with Crippen molar-refractivity contribution < 1.29 is 4.52 Å². The number of aromatic amines is 1. The Kier molecular flexibility index (Phi) is 3.55. The number of nitrogens with zero attached hydrogens (tertiary/aromatic N) is 5. The van der Waals surface area contributed by atoms with Gasteiger partial charge in [0, 0.05) is 47.5 Å². The van der Waals surface area contributed by atoms with Gasteiger partial charge in [-0.2, -0.15) is 4.98 Å². The molecular weight excluding hydrogens is 376 g/mol. The van der Waals surface area contributed by atoms with E-state index in [0.717, 1.165) is 38.8 Å². The number of benzene rings is 1. The number of hydrogen-bond acceptors (Lipinski definition) is 5. The second-order valence-electron chi connectivity index (χ2n) is 7.14. The first-order valence-corrected chi connectivity index (χ1v) is 9.55. The Hall–Kier alpha value is -4.26. The summed E-state index contributed by atoms with van der Waals surface area (Å²) in [5.41, 5.74) is 5.49. The first-order chi connectivity index (χ1) is 14.8. The third-order valence-electron chi connectivity index (χ3n) is 5.32. The molecule has 30 heavy (non-hydrogen) atoms. The van der Waals surface area contributed by atoms with Gasteiger partial charge < -0.3 is 14.1 Å². The molecule has 0 atom stereocenters. The van der Waals surface area contributed by atoms with E-state index < -0.39 is 0 Å². The minimum atomic E-state index is 0.382. The van der Waals surface area contributed by atoms with E-state index >= 15 is 0 Å². The second-order valence-corrected chi connectivity index (χ2v) is 7.14. The van der Waals surface area contributed by atoms with Gasteiger partial charge in [0.2, 0.25) is 5.82 Å². The maximum Gasteiger partial charge on any atom is 0.276 e. The number of aryl methyl sites for hydroxylation is 1. The zero-order valence-electron chi connectivity index (χ0n) is 16.1. The first-order valence-electron chi connectivity index (χ1n) is 9.55. The van der Waals surface area contributed by atoms with E-state index in [0.29, 0.717) is 17.4 Å². The van der Waals surface area contributed by atoms with Gasteiger partial charge in [-0.05, 0) is 42.0 Å². The number of hydrogen-bond donors (Lipinski definition) is 1. The van der Waals surface area contributed by atoms with Crippen LogP contribution in [-0.2, 0) is 7.05 Å². The Morgan fingerprint density at radius 1 is 0.933 bits per heavy atom. The summed E-state index contributed by atoms with van der Waals surface area (Å²) in [5, 5.41) is 6.38. The van der Waals surface area contributed by atoms with E-state index in [4.69, 9.17) is 4.52 Å². The monoisotopic (exact) mass is 392 g/mol. The van der Waals surface area contributed by atoms with Crippen LogP contribution in [0.3, 0.4) is 0 Å². The number of aromatic nitrogens is 6. The maximum absolute atomic E-state index is 5.55. The lowest BCUT2D eigenvalue weighted by Gasteiger charge is -2.02. The minimum Gasteiger partial charge on any atom is -0.346 e. The van der Waals surface area contributed by atoms with Crippen LogP contribution in [0.15, 0.2) is 77.7 Å². The highest BCUT2D eigenvalue weighted by Crippen LogP contribution is 2.29. The first kappa shape index (κ1) is 16.7. The van der Waals surface area contributed by atoms with E-state index in [2.05, 4.69) is 53.9 Å². The van der Waals surface area contributed by atoms with Crippen LogP contribution in [0, 0.1) is 0 Å². The molecule has 0 saturated carbocycles. The number of para-hydroxylation sites is 1. The normalized spacial score (nSPS) is 11.5. The molecule has 0 unspecified atom stereocenters. The zero-order valence-corrected chi connectivity index (χ0v) is 16.1. The molecule has 0 fully saturated rings. The maximum atomic E-state index is 5.55. The van der Waals surface area contributed by atoms with E-state index in [1.807, 2.05) is 49.8 Å². The summed E-state index contributed by atoms with van der Waals surface area (Å²) in [6, 6.07) is 18.2. The SMILES string of the molecule is Cn1c(-c2noc(-c3cc(-c4cnc5[nH]ccc5c4)ccn3)n2)cc2ccccc21. The summed E-state index contributed by atoms with van der Waals surface area (Å²) in [6.45, 7) is 0. The van der Waals surface area contributed by atoms with Crippen LogP contribution in [0.4, 0.5) is 0 Å². The van der Waals surface area contributed by atoms with E-state index in [9.17, 15) is 0 Å². The van der Waals surface area contributed by atoms with Gasteiger partial charge in [-0.1, -0.05) is 23.4 Å². The van der Waals surface area contributed by atoms with Gasteiger partial charge in [0.1, 0.15) is 11.3 Å². The number of fused-ring (bicyclic) bond motifs is 2. The Balaban J connectivity index is 1.39. The second kappa shape index (κ2) is 6.38. The number of nitrogens with one attached hydrogen (secondary N) is 1. The highest BCUT2D eigenvalue weighted by Gasteiger charge is 2.16. The predicted octanol–water partition coefficient (Wildman–Crippen LogP) is 4.83. The molecule has 0 aliphatic heterocycles. The van der Waals surface area contributed by atoms with E-state index in [-0.39, 0.29) is 0 Å². The lowest BCUT2D eigenvalue weighted by atomic mass is 10.1. The van der Waals surface area contributed by atoms with Gasteiger partial charge in [-0.15, -0.1) is 0 Å². The number of rotatable bonds is 3. The largest absolute Gasteiger partial charge is 0.346 e. The molecule has 144 valence electrons. The Bertz CT molecular complexity index is 1520. The van der Waals surface area contributed by atoms with Crippen molar-refractivity contribution in [3.05, 3.63) is 73.2 Å². The van der Waals surface area contributed by atoms with Crippen LogP contribution >= 0.6 is 0 Å². The van der Waals surface area contributed by atoms with Gasteiger partial charge in [-0.25, -0.2) is 4.98 Å². The fraction of sp³-hybridized carbons (Fsp3) is 0.0435. The fourth-order valence-electron chi connectivity index (χ4n) is 3.76. The van der Waals surface area contributed by atoms with Crippen LogP contribution in [0.2, 0.25) is 0 Å². The summed E-state index contributed by atoms with van der Waals surface area (Å²) in [4.78, 5) is 16.6. The van der Waals surface area contributed by atoms with Gasteiger partial charge in [0.15, 0.2) is 0 Å². The van der Waals surface area contributed by atoms with Crippen molar-refractivity contribution in [2.75, 3.05) is 0 Å². The molecule has 5 heterocycles. The molecular formula is C23H16N6O. The van der Waals surface area contributed by atoms with Gasteiger partial charge in [-0.3, -0.25) is 4.98 Å². The van der Waals surface area contributed by atoms with Crippen LogP contribution in [-0.4, -0.2) is 29.7 Å². The van der Waals surface area contributed by atoms with E-state index in [1.165, 1.54) is 0 Å². The number of H-pyrrole nitrogens is 1. The van der Waals surface area contributed by atoms with E-state index in [1.54, 1.807) is 6.20 Å². The molecule has 0 radical (unpaired) electrons. The molecule has 0 bridgehead atoms. The molecule has 1 N–H and O–H groups in total. The summed E-state index contributed by atoms with van der Waals surface area (Å²) in [5.74, 6) is 0.916. The minimum absolute atomic E-state index is 0.382. The van der Waals surface area contributed by atoms with Crippen molar-refractivity contribution in [1.29, 1.82) is 0 Å². The zero-order chi connectivity index (χ0) is 20.1. The smallest absolute Gasteiger partial charge is 0.276 e. The van der Waals surface area contributed by atoms with Crippen molar-refractivity contribution >= 4 is 21.9 Å². The van der Waals surface area contributed by atoms with Crippen molar-refractivity contribution in [2.45, 2.75) is 0 Å². The van der Waals surface area contributed by atoms with Crippen LogP contribution in [0.25, 0.3) is 56.2 Å². The summed E-state index contributed by atoms with van der Waals surface area (Å²) >= 11 is 0. The lowest BCUT2D eigenvalue weighted by molar-refractivity contribution is 0.430. The lowest BCUT2D eigenvalue weighted by Crippen LogP contribution is -1.92. The third-order valence-corrected chi connectivity index (χ3v) is 5.32. The van der Waals surface area contributed by atoms with Crippen molar-refractivity contribution in [1.82, 2.24) is 29.7 Å². The predicted molar refractivity (Wildman–Crippen MR) is 115 cm³/mol. The molecule has 7 heteroatoms. The van der Waals surface area contributed by atoms with Crippen molar-refractivity contribution in [3.8, 4) is 34.2 Å². The molecule has 6 aromatic rings. The Labute approximate surface area is 171 Å². The topological polar surface area (TPSA) is 85.4 Å². The molecule has 5 aromatic heterocycles. The Morgan fingerprint density at radius 3 is 2.80 bits per heavy atom. The molecule has 7 nitrogen and oxygen atoms in total. The average molecular weight is 392 g/mol. The highest BCUT2D eigenvalue weighted by atomic mass is 16.5. The van der Waals surface area contributed by atoms with Gasteiger partial charge >= 0.3 is 0 Å². The number of pyridine rings is 2. The molecule has 1 aromatic carbocycles. The van der Waals surface area contributed by atoms with Gasteiger partial charge in [0.05, 0.1) is 5.69 Å². The fourth-order valence-corrected chi connectivity index (χ4v) is 3.76. The molecule has 0 spiro atoms. The van der Waals surface area contributed by atoms with Crippen LogP contribution in [0.1, 0.15) is 0 Å². The Morgan fingerprint density at radius 2 is 1.87 bits per heavy atom. The molecule has 0 aliphatic rings. The summed E-state index contributed by atoms with van der Waals surface area (Å²) in [6.07, 6.45) is 5.46. The third kappa shape index (κ3) is 2.60.